The molecule has 4 nitrogen and oxygen atoms in total. The molecule has 2 N–H and O–H groups in total. The van der Waals surface area contributed by atoms with Crippen LogP contribution >= 0.6 is 11.8 Å². The van der Waals surface area contributed by atoms with Crippen molar-refractivity contribution in [3.63, 3.8) is 0 Å². The molecular formula is C13H21N3OS. The van der Waals surface area contributed by atoms with E-state index in [9.17, 15) is 0 Å². The summed E-state index contributed by atoms with van der Waals surface area (Å²) in [6, 6.07) is 7.97. The maximum atomic E-state index is 5.31. The van der Waals surface area contributed by atoms with Gasteiger partial charge in [-0.2, -0.15) is 11.8 Å². The Labute approximate surface area is 113 Å². The van der Waals surface area contributed by atoms with Gasteiger partial charge in [0.1, 0.15) is 5.75 Å². The molecule has 0 saturated carbocycles. The molecule has 0 aromatic heterocycles. The summed E-state index contributed by atoms with van der Waals surface area (Å²) in [6.45, 7) is 1.61. The standard InChI is InChI=1S/C13H21N3OS/c1-14-13(15-8-9-18-3)16-10-11-6-4-5-7-12(11)17-2/h4-7H,8-10H2,1-3H3,(H2,14,15,16). The maximum Gasteiger partial charge on any atom is 0.191 e. The smallest absolute Gasteiger partial charge is 0.191 e. The van der Waals surface area contributed by atoms with Crippen LogP contribution in [0.25, 0.3) is 0 Å². The Kier molecular flexibility index (Phi) is 7.10. The summed E-state index contributed by atoms with van der Waals surface area (Å²) < 4.78 is 5.31. The van der Waals surface area contributed by atoms with Crippen molar-refractivity contribution in [3.8, 4) is 5.75 Å². The van der Waals surface area contributed by atoms with Crippen LogP contribution in [-0.2, 0) is 6.54 Å². The first-order valence-corrected chi connectivity index (χ1v) is 7.26. The number of nitrogens with one attached hydrogen (secondary N) is 2. The lowest BCUT2D eigenvalue weighted by Gasteiger charge is -2.13. The topological polar surface area (TPSA) is 45.7 Å². The molecule has 0 spiro atoms. The van der Waals surface area contributed by atoms with Gasteiger partial charge in [-0.1, -0.05) is 18.2 Å². The second kappa shape index (κ2) is 8.69. The van der Waals surface area contributed by atoms with E-state index in [0.717, 1.165) is 29.6 Å². The third kappa shape index (κ3) is 4.87. The summed E-state index contributed by atoms with van der Waals surface area (Å²) in [4.78, 5) is 4.17. The molecule has 1 aromatic carbocycles. The predicted octanol–water partition coefficient (Wildman–Crippen LogP) is 1.72. The van der Waals surface area contributed by atoms with Gasteiger partial charge < -0.3 is 15.4 Å². The van der Waals surface area contributed by atoms with Crippen LogP contribution in [-0.4, -0.2) is 38.7 Å². The van der Waals surface area contributed by atoms with E-state index in [1.807, 2.05) is 36.0 Å². The molecule has 1 rings (SSSR count). The summed E-state index contributed by atoms with van der Waals surface area (Å²) in [5.74, 6) is 2.77. The van der Waals surface area contributed by atoms with Crippen LogP contribution in [0.2, 0.25) is 0 Å². The van der Waals surface area contributed by atoms with E-state index in [4.69, 9.17) is 4.74 Å². The van der Waals surface area contributed by atoms with Crippen molar-refractivity contribution >= 4 is 17.7 Å². The molecule has 1 aromatic rings. The number of para-hydroxylation sites is 1. The first kappa shape index (κ1) is 14.7. The lowest BCUT2D eigenvalue weighted by molar-refractivity contribution is 0.409. The summed E-state index contributed by atoms with van der Waals surface area (Å²) in [5, 5.41) is 6.52. The highest BCUT2D eigenvalue weighted by atomic mass is 32.2. The van der Waals surface area contributed by atoms with E-state index in [-0.39, 0.29) is 0 Å². The summed E-state index contributed by atoms with van der Waals surface area (Å²) in [6.07, 6.45) is 2.09. The molecule has 18 heavy (non-hydrogen) atoms. The van der Waals surface area contributed by atoms with Crippen molar-refractivity contribution in [2.24, 2.45) is 4.99 Å². The van der Waals surface area contributed by atoms with Crippen LogP contribution in [0.5, 0.6) is 5.75 Å². The van der Waals surface area contributed by atoms with Crippen LogP contribution in [0.4, 0.5) is 0 Å². The van der Waals surface area contributed by atoms with Crippen molar-refractivity contribution in [1.29, 1.82) is 0 Å². The van der Waals surface area contributed by atoms with Crippen molar-refractivity contribution in [2.45, 2.75) is 6.54 Å². The first-order chi connectivity index (χ1) is 8.81. The lowest BCUT2D eigenvalue weighted by atomic mass is 10.2. The number of nitrogens with zero attached hydrogens (tertiary/aromatic N) is 1. The SMILES string of the molecule is CN=C(NCCSC)NCc1ccccc1OC. The molecule has 0 aliphatic rings. The Bertz CT molecular complexity index is 382. The number of rotatable bonds is 6. The van der Waals surface area contributed by atoms with Gasteiger partial charge in [-0.05, 0) is 12.3 Å². The van der Waals surface area contributed by atoms with Gasteiger partial charge in [0.05, 0.1) is 7.11 Å². The number of methoxy groups -OCH3 is 1. The third-order valence-electron chi connectivity index (χ3n) is 2.46. The predicted molar refractivity (Wildman–Crippen MR) is 79.6 cm³/mol. The molecule has 100 valence electrons. The highest BCUT2D eigenvalue weighted by Crippen LogP contribution is 2.16. The zero-order valence-electron chi connectivity index (χ0n) is 11.2. The highest BCUT2D eigenvalue weighted by Gasteiger charge is 2.02. The number of thioether (sulfide) groups is 1. The Morgan fingerprint density at radius 2 is 2.11 bits per heavy atom. The van der Waals surface area contributed by atoms with E-state index in [1.54, 1.807) is 14.2 Å². The lowest BCUT2D eigenvalue weighted by Crippen LogP contribution is -2.37. The van der Waals surface area contributed by atoms with Gasteiger partial charge in [0.2, 0.25) is 0 Å². The molecular weight excluding hydrogens is 246 g/mol. The van der Waals surface area contributed by atoms with Gasteiger partial charge >= 0.3 is 0 Å². The molecule has 5 heteroatoms. The number of ether oxygens (including phenoxy) is 1. The fourth-order valence-corrected chi connectivity index (χ4v) is 1.83. The van der Waals surface area contributed by atoms with Crippen LogP contribution < -0.4 is 15.4 Å². The van der Waals surface area contributed by atoms with Crippen LogP contribution in [0, 0.1) is 0 Å². The number of benzene rings is 1. The first-order valence-electron chi connectivity index (χ1n) is 5.87. The Balaban J connectivity index is 2.47. The molecule has 0 aliphatic carbocycles. The zero-order valence-corrected chi connectivity index (χ0v) is 12.0. The summed E-state index contributed by atoms with van der Waals surface area (Å²) in [5.41, 5.74) is 1.12. The number of guanidine groups is 1. The Morgan fingerprint density at radius 1 is 1.33 bits per heavy atom. The van der Waals surface area contributed by atoms with Gasteiger partial charge in [-0.25, -0.2) is 0 Å². The summed E-state index contributed by atoms with van der Waals surface area (Å²) >= 11 is 1.81. The second-order valence-electron chi connectivity index (χ2n) is 3.66. The van der Waals surface area contributed by atoms with E-state index in [1.165, 1.54) is 0 Å². The fraction of sp³-hybridized carbons (Fsp3) is 0.462. The van der Waals surface area contributed by atoms with E-state index in [2.05, 4.69) is 21.9 Å². The number of aliphatic imine (C=N–C) groups is 1. The van der Waals surface area contributed by atoms with Crippen LogP contribution in [0.15, 0.2) is 29.3 Å². The molecule has 0 bridgehead atoms. The van der Waals surface area contributed by atoms with Gasteiger partial charge in [0.15, 0.2) is 5.96 Å². The van der Waals surface area contributed by atoms with Crippen molar-refractivity contribution < 1.29 is 4.74 Å². The molecule has 0 saturated heterocycles. The van der Waals surface area contributed by atoms with E-state index >= 15 is 0 Å². The zero-order chi connectivity index (χ0) is 13.2. The van der Waals surface area contributed by atoms with Crippen LogP contribution in [0.3, 0.4) is 0 Å². The Hall–Kier alpha value is -1.36. The molecule has 0 atom stereocenters. The minimum absolute atomic E-state index is 0.697. The van der Waals surface area contributed by atoms with Gasteiger partial charge in [0, 0.05) is 31.5 Å². The second-order valence-corrected chi connectivity index (χ2v) is 4.64. The molecule has 0 radical (unpaired) electrons. The van der Waals surface area contributed by atoms with Crippen LogP contribution in [0.1, 0.15) is 5.56 Å². The minimum Gasteiger partial charge on any atom is -0.496 e. The number of hydrogen-bond donors (Lipinski definition) is 2. The molecule has 0 aliphatic heterocycles. The monoisotopic (exact) mass is 267 g/mol. The third-order valence-corrected chi connectivity index (χ3v) is 3.07. The Morgan fingerprint density at radius 3 is 2.78 bits per heavy atom. The average Bonchev–Trinajstić information content (AvgIpc) is 2.43. The quantitative estimate of drug-likeness (QED) is 0.468. The minimum atomic E-state index is 0.697. The molecule has 0 fully saturated rings. The molecule has 0 amide bonds. The normalized spacial score (nSPS) is 11.2. The van der Waals surface area contributed by atoms with E-state index in [0.29, 0.717) is 6.54 Å². The van der Waals surface area contributed by atoms with Gasteiger partial charge in [-0.3, -0.25) is 4.99 Å². The maximum absolute atomic E-state index is 5.31. The highest BCUT2D eigenvalue weighted by molar-refractivity contribution is 7.98. The summed E-state index contributed by atoms with van der Waals surface area (Å²) in [7, 11) is 3.46. The van der Waals surface area contributed by atoms with Gasteiger partial charge in [-0.15, -0.1) is 0 Å². The fourth-order valence-electron chi connectivity index (χ4n) is 1.52. The van der Waals surface area contributed by atoms with Crippen molar-refractivity contribution in [1.82, 2.24) is 10.6 Å². The molecule has 0 heterocycles. The van der Waals surface area contributed by atoms with Crippen molar-refractivity contribution in [3.05, 3.63) is 29.8 Å². The van der Waals surface area contributed by atoms with Gasteiger partial charge in [0.25, 0.3) is 0 Å². The van der Waals surface area contributed by atoms with Crippen molar-refractivity contribution in [2.75, 3.05) is 32.7 Å². The molecule has 0 unspecified atom stereocenters. The number of hydrogen-bond acceptors (Lipinski definition) is 3. The average molecular weight is 267 g/mol. The largest absolute Gasteiger partial charge is 0.496 e. The van der Waals surface area contributed by atoms with E-state index < -0.39 is 0 Å².